The van der Waals surface area contributed by atoms with E-state index in [0.717, 1.165) is 41.5 Å². The highest BCUT2D eigenvalue weighted by Gasteiger charge is 2.30. The van der Waals surface area contributed by atoms with Crippen LogP contribution in [0.3, 0.4) is 0 Å². The number of carbonyl (C=O) groups is 2. The van der Waals surface area contributed by atoms with Crippen LogP contribution in [0.5, 0.6) is 0 Å². The lowest BCUT2D eigenvalue weighted by molar-refractivity contribution is -0.137. The van der Waals surface area contributed by atoms with E-state index in [1.165, 1.54) is 13.0 Å². The lowest BCUT2D eigenvalue weighted by atomic mass is 9.84. The number of hydrogen-bond donors (Lipinski definition) is 1. The molecule has 1 aromatic heterocycles. The van der Waals surface area contributed by atoms with E-state index in [1.807, 2.05) is 28.8 Å². The first-order chi connectivity index (χ1) is 14.9. The Kier molecular flexibility index (Phi) is 5.60. The number of nitrogens with zero attached hydrogens (tertiary/aromatic N) is 2. The van der Waals surface area contributed by atoms with Crippen molar-refractivity contribution >= 4 is 22.7 Å². The number of aryl methyl sites for hydroxylation is 3. The van der Waals surface area contributed by atoms with Gasteiger partial charge in [0.15, 0.2) is 5.78 Å². The number of benzene rings is 2. The molecule has 2 aromatic carbocycles. The van der Waals surface area contributed by atoms with Gasteiger partial charge in [-0.05, 0) is 61.9 Å². The van der Waals surface area contributed by atoms with Crippen LogP contribution in [-0.2, 0) is 24.2 Å². The molecule has 0 amide bonds. The molecule has 6 heteroatoms. The number of ketones is 1. The molecular formula is C25H23FN2O3. The molecule has 0 saturated heterocycles. The summed E-state index contributed by atoms with van der Waals surface area (Å²) >= 11 is 0. The third-order valence-electron chi connectivity index (χ3n) is 6.18. The van der Waals surface area contributed by atoms with Crippen LogP contribution in [0.1, 0.15) is 64.8 Å². The summed E-state index contributed by atoms with van der Waals surface area (Å²) in [5, 5.41) is 19.9. The summed E-state index contributed by atoms with van der Waals surface area (Å²) in [6.07, 6.45) is 2.99. The van der Waals surface area contributed by atoms with E-state index in [2.05, 4.69) is 0 Å². The summed E-state index contributed by atoms with van der Waals surface area (Å²) in [5.74, 6) is -1.62. The molecule has 1 unspecified atom stereocenters. The molecule has 0 aliphatic heterocycles. The minimum absolute atomic E-state index is 0.00142. The van der Waals surface area contributed by atoms with Crippen LogP contribution >= 0.6 is 0 Å². The van der Waals surface area contributed by atoms with E-state index in [1.54, 1.807) is 12.1 Å². The monoisotopic (exact) mass is 418 g/mol. The maximum absolute atomic E-state index is 14.5. The average molecular weight is 418 g/mol. The number of hydrogen-bond acceptors (Lipinski definition) is 3. The SMILES string of the molecule is CC(=O)c1cccc(CCn2c3c(c4ccc(F)c(C#N)c42)CCCC3CC(=O)O)c1. The van der Waals surface area contributed by atoms with E-state index in [0.29, 0.717) is 24.0 Å². The van der Waals surface area contributed by atoms with Gasteiger partial charge in [0, 0.05) is 29.1 Å². The van der Waals surface area contributed by atoms with Crippen LogP contribution < -0.4 is 0 Å². The minimum atomic E-state index is -0.865. The summed E-state index contributed by atoms with van der Waals surface area (Å²) in [7, 11) is 0. The largest absolute Gasteiger partial charge is 0.481 e. The zero-order valence-corrected chi connectivity index (χ0v) is 17.3. The number of carbonyl (C=O) groups excluding carboxylic acids is 1. The molecule has 0 fully saturated rings. The molecule has 1 aliphatic carbocycles. The number of aliphatic carboxylic acids is 1. The molecule has 1 heterocycles. The van der Waals surface area contributed by atoms with Gasteiger partial charge in [0.25, 0.3) is 0 Å². The smallest absolute Gasteiger partial charge is 0.304 e. The van der Waals surface area contributed by atoms with Gasteiger partial charge in [0.05, 0.1) is 11.9 Å². The molecule has 5 nitrogen and oxygen atoms in total. The van der Waals surface area contributed by atoms with Crippen LogP contribution in [0.2, 0.25) is 0 Å². The van der Waals surface area contributed by atoms with E-state index in [9.17, 15) is 24.3 Å². The van der Waals surface area contributed by atoms with Crippen LogP contribution in [-0.4, -0.2) is 21.4 Å². The highest BCUT2D eigenvalue weighted by Crippen LogP contribution is 2.41. The lowest BCUT2D eigenvalue weighted by Crippen LogP contribution is -2.18. The number of Topliss-reactive ketones (excluding diaryl/α,β-unsaturated/α-hetero) is 1. The van der Waals surface area contributed by atoms with Crippen molar-refractivity contribution in [1.82, 2.24) is 4.57 Å². The number of halogens is 1. The maximum atomic E-state index is 14.5. The third-order valence-corrected chi connectivity index (χ3v) is 6.18. The van der Waals surface area contributed by atoms with Gasteiger partial charge in [-0.3, -0.25) is 9.59 Å². The van der Waals surface area contributed by atoms with E-state index in [-0.39, 0.29) is 23.7 Å². The molecule has 0 bridgehead atoms. The highest BCUT2D eigenvalue weighted by molar-refractivity contribution is 5.94. The van der Waals surface area contributed by atoms with Crippen LogP contribution in [0, 0.1) is 17.1 Å². The number of carboxylic acid groups (broad SMARTS) is 1. The number of rotatable bonds is 6. The first-order valence-electron chi connectivity index (χ1n) is 10.5. The first kappa shape index (κ1) is 20.8. The van der Waals surface area contributed by atoms with Crippen LogP contribution in [0.15, 0.2) is 36.4 Å². The molecule has 0 spiro atoms. The van der Waals surface area contributed by atoms with Crippen molar-refractivity contribution in [3.8, 4) is 6.07 Å². The number of carboxylic acids is 1. The van der Waals surface area contributed by atoms with Crippen molar-refractivity contribution in [2.75, 3.05) is 0 Å². The van der Waals surface area contributed by atoms with Crippen molar-refractivity contribution in [2.24, 2.45) is 0 Å². The normalized spacial score (nSPS) is 15.5. The zero-order valence-electron chi connectivity index (χ0n) is 17.3. The molecule has 4 rings (SSSR count). The van der Waals surface area contributed by atoms with Crippen molar-refractivity contribution < 1.29 is 19.1 Å². The lowest BCUT2D eigenvalue weighted by Gasteiger charge is -2.25. The first-order valence-corrected chi connectivity index (χ1v) is 10.5. The number of nitriles is 1. The van der Waals surface area contributed by atoms with Crippen molar-refractivity contribution in [2.45, 2.75) is 51.5 Å². The molecule has 3 aromatic rings. The molecule has 0 radical (unpaired) electrons. The minimum Gasteiger partial charge on any atom is -0.481 e. The quantitative estimate of drug-likeness (QED) is 0.572. The van der Waals surface area contributed by atoms with E-state index < -0.39 is 11.8 Å². The zero-order chi connectivity index (χ0) is 22.1. The Morgan fingerprint density at radius 3 is 2.81 bits per heavy atom. The van der Waals surface area contributed by atoms with Crippen molar-refractivity contribution in [3.63, 3.8) is 0 Å². The maximum Gasteiger partial charge on any atom is 0.304 e. The Balaban J connectivity index is 1.85. The summed E-state index contributed by atoms with van der Waals surface area (Å²) < 4.78 is 16.5. The molecule has 158 valence electrons. The fourth-order valence-corrected chi connectivity index (χ4v) is 4.84. The Hall–Kier alpha value is -3.46. The Morgan fingerprint density at radius 2 is 2.10 bits per heavy atom. The standard InChI is InChI=1S/C25H23FN2O3/c1-15(29)17-5-2-4-16(12-17)10-11-28-24-18(13-23(30)31)6-3-7-19(24)20-8-9-22(26)21(14-27)25(20)28/h2,4-5,8-9,12,18H,3,6-7,10-11,13H2,1H3,(H,30,31). The molecule has 0 saturated carbocycles. The Morgan fingerprint density at radius 1 is 1.29 bits per heavy atom. The summed E-state index contributed by atoms with van der Waals surface area (Å²) in [5.41, 5.74) is 4.08. The van der Waals surface area contributed by atoms with E-state index in [4.69, 9.17) is 0 Å². The number of fused-ring (bicyclic) bond motifs is 3. The van der Waals surface area contributed by atoms with Gasteiger partial charge >= 0.3 is 5.97 Å². The van der Waals surface area contributed by atoms with Crippen LogP contribution in [0.25, 0.3) is 10.9 Å². The van der Waals surface area contributed by atoms with Gasteiger partial charge in [-0.1, -0.05) is 18.2 Å². The van der Waals surface area contributed by atoms with Gasteiger partial charge in [-0.25, -0.2) is 4.39 Å². The van der Waals surface area contributed by atoms with Gasteiger partial charge < -0.3 is 9.67 Å². The number of aromatic nitrogens is 1. The van der Waals surface area contributed by atoms with Crippen molar-refractivity contribution in [1.29, 1.82) is 5.26 Å². The van der Waals surface area contributed by atoms with Gasteiger partial charge in [-0.15, -0.1) is 0 Å². The van der Waals surface area contributed by atoms with Crippen LogP contribution in [0.4, 0.5) is 4.39 Å². The molecular weight excluding hydrogens is 395 g/mol. The summed E-state index contributed by atoms with van der Waals surface area (Å²) in [4.78, 5) is 23.2. The van der Waals surface area contributed by atoms with Gasteiger partial charge in [0.1, 0.15) is 17.4 Å². The van der Waals surface area contributed by atoms with Crippen molar-refractivity contribution in [3.05, 3.63) is 70.2 Å². The second-order valence-corrected chi connectivity index (χ2v) is 8.14. The average Bonchev–Trinajstić information content (AvgIpc) is 3.06. The fourth-order valence-electron chi connectivity index (χ4n) is 4.84. The third kappa shape index (κ3) is 3.84. The summed E-state index contributed by atoms with van der Waals surface area (Å²) in [6, 6.07) is 12.4. The van der Waals surface area contributed by atoms with Gasteiger partial charge in [0.2, 0.25) is 0 Å². The molecule has 1 atom stereocenters. The molecule has 1 N–H and O–H groups in total. The fraction of sp³-hybridized carbons (Fsp3) is 0.320. The Labute approximate surface area is 179 Å². The topological polar surface area (TPSA) is 83.1 Å². The predicted molar refractivity (Wildman–Crippen MR) is 115 cm³/mol. The van der Waals surface area contributed by atoms with E-state index >= 15 is 0 Å². The van der Waals surface area contributed by atoms with Gasteiger partial charge in [-0.2, -0.15) is 5.26 Å². The molecule has 1 aliphatic rings. The Bertz CT molecular complexity index is 1240. The second kappa shape index (κ2) is 8.35. The summed E-state index contributed by atoms with van der Waals surface area (Å²) in [6.45, 7) is 1.99. The molecule has 31 heavy (non-hydrogen) atoms. The second-order valence-electron chi connectivity index (χ2n) is 8.14. The predicted octanol–water partition coefficient (Wildman–Crippen LogP) is 4.99. The highest BCUT2D eigenvalue weighted by atomic mass is 19.1.